The zero-order valence-electron chi connectivity index (χ0n) is 44.2. The van der Waals surface area contributed by atoms with Crippen LogP contribution in [0, 0.1) is 0 Å². The van der Waals surface area contributed by atoms with Gasteiger partial charge in [-0.15, -0.1) is 0 Å². The van der Waals surface area contributed by atoms with E-state index < -0.39 is 5.41 Å². The van der Waals surface area contributed by atoms with E-state index in [2.05, 4.69) is 185 Å². The van der Waals surface area contributed by atoms with Crippen molar-refractivity contribution in [3.63, 3.8) is 0 Å². The van der Waals surface area contributed by atoms with Crippen molar-refractivity contribution >= 4 is 66.7 Å². The Morgan fingerprint density at radius 1 is 0.297 bits per heavy atom. The summed E-state index contributed by atoms with van der Waals surface area (Å²) in [5, 5.41) is 3.90. The second kappa shape index (κ2) is 16.7. The second-order valence-electron chi connectivity index (χ2n) is 19.2. The van der Waals surface area contributed by atoms with Crippen molar-refractivity contribution in [3.8, 4) is 39.1 Å². The fourth-order valence-electron chi connectivity index (χ4n) is 12.4. The lowest BCUT2D eigenvalue weighted by Crippen LogP contribution is -2.26. The zero-order valence-corrected chi connectivity index (χ0v) is 40.2. The average Bonchev–Trinajstić information content (AvgIpc) is 3.90. The number of para-hydroxylation sites is 4. The van der Waals surface area contributed by atoms with Crippen LogP contribution in [0.25, 0.3) is 71.6 Å². The Bertz CT molecular complexity index is 4480. The summed E-state index contributed by atoms with van der Waals surface area (Å²) >= 11 is 0. The van der Waals surface area contributed by atoms with Crippen molar-refractivity contribution < 1.29 is 5.48 Å². The highest BCUT2D eigenvalue weighted by Crippen LogP contribution is 2.63. The van der Waals surface area contributed by atoms with Crippen LogP contribution in [0.4, 0.5) is 34.1 Å². The maximum atomic E-state index is 9.95. The summed E-state index contributed by atoms with van der Waals surface area (Å²) in [4.78, 5) is 4.19. The number of anilines is 6. The molecular weight excluding hydrogens is 895 g/mol. The van der Waals surface area contributed by atoms with E-state index in [1.165, 1.54) is 44.5 Å². The first kappa shape index (κ1) is 38.0. The van der Waals surface area contributed by atoms with Crippen LogP contribution in [0.1, 0.15) is 27.7 Å². The molecule has 0 N–H and O–H groups in total. The number of benzene rings is 12. The molecule has 1 aromatic heterocycles. The Morgan fingerprint density at radius 2 is 0.784 bits per heavy atom. The first-order chi connectivity index (χ1) is 38.4. The number of fused-ring (bicyclic) bond motifs is 14. The standard InChI is InChI=1S/C71H47N3/c1-4-20-49(21-5-1)72(54-43-45-63-62-29-13-17-36-69(62)74(70(63)47-54)51-24-8-3-9-25-51)52-40-38-48(39-41-52)55-30-18-32-61-56(55)31-19-37-68(61)73(50-22-6-2-7-23-50)53-42-44-60-59-28-12-16-35-66(59)71(67(60)46-53)64-33-14-10-26-57(64)58-27-11-15-34-65(58)71/h1-47H/i38D,39D,40D,41D. The molecule has 1 heterocycles. The van der Waals surface area contributed by atoms with Crippen LogP contribution in [0.5, 0.6) is 0 Å². The summed E-state index contributed by atoms with van der Waals surface area (Å²) < 4.78 is 42.0. The van der Waals surface area contributed by atoms with Crippen molar-refractivity contribution in [2.45, 2.75) is 5.41 Å². The van der Waals surface area contributed by atoms with Gasteiger partial charge in [-0.25, -0.2) is 0 Å². The quantitative estimate of drug-likeness (QED) is 0.150. The Kier molecular flexibility index (Phi) is 8.58. The smallest absolute Gasteiger partial charge is 0.0726 e. The molecule has 13 aromatic rings. The van der Waals surface area contributed by atoms with Gasteiger partial charge in [0.05, 0.1) is 27.6 Å². The molecule has 2 aliphatic rings. The maximum Gasteiger partial charge on any atom is 0.0726 e. The summed E-state index contributed by atoms with van der Waals surface area (Å²) in [7, 11) is 0. The highest BCUT2D eigenvalue weighted by Gasteiger charge is 2.51. The Balaban J connectivity index is 0.903. The van der Waals surface area contributed by atoms with E-state index in [1.54, 1.807) is 0 Å². The second-order valence-corrected chi connectivity index (χ2v) is 19.2. The van der Waals surface area contributed by atoms with E-state index in [0.717, 1.165) is 55.3 Å². The van der Waals surface area contributed by atoms with Gasteiger partial charge in [-0.1, -0.05) is 200 Å². The molecule has 74 heavy (non-hydrogen) atoms. The first-order valence-electron chi connectivity index (χ1n) is 27.3. The predicted molar refractivity (Wildman–Crippen MR) is 309 cm³/mol. The van der Waals surface area contributed by atoms with Crippen LogP contribution in [-0.2, 0) is 5.41 Å². The molecule has 1 spiro atoms. The normalized spacial score (nSPS) is 13.5. The van der Waals surface area contributed by atoms with Crippen molar-refractivity contribution in [1.82, 2.24) is 4.57 Å². The summed E-state index contributed by atoms with van der Waals surface area (Å²) in [5.74, 6) is 0. The number of rotatable bonds is 8. The third kappa shape index (κ3) is 6.20. The van der Waals surface area contributed by atoms with E-state index in [-0.39, 0.29) is 35.4 Å². The van der Waals surface area contributed by atoms with Crippen LogP contribution in [-0.4, -0.2) is 4.57 Å². The van der Waals surface area contributed by atoms with Gasteiger partial charge in [0.25, 0.3) is 0 Å². The molecule has 0 radical (unpaired) electrons. The molecule has 0 saturated heterocycles. The summed E-state index contributed by atoms with van der Waals surface area (Å²) in [6.45, 7) is 0. The lowest BCUT2D eigenvalue weighted by Gasteiger charge is -2.32. The lowest BCUT2D eigenvalue weighted by molar-refractivity contribution is 0.793. The zero-order chi connectivity index (χ0) is 52.2. The maximum absolute atomic E-state index is 9.95. The van der Waals surface area contributed by atoms with Crippen LogP contribution in [0.15, 0.2) is 285 Å². The molecule has 3 heteroatoms. The lowest BCUT2D eigenvalue weighted by atomic mass is 9.70. The van der Waals surface area contributed by atoms with Crippen molar-refractivity contribution in [2.24, 2.45) is 0 Å². The van der Waals surface area contributed by atoms with Crippen LogP contribution in [0.2, 0.25) is 0 Å². The Hall–Kier alpha value is -9.70. The molecule has 15 rings (SSSR count). The van der Waals surface area contributed by atoms with Gasteiger partial charge < -0.3 is 14.4 Å². The minimum Gasteiger partial charge on any atom is -0.310 e. The number of hydrogen-bond acceptors (Lipinski definition) is 2. The topological polar surface area (TPSA) is 11.4 Å². The van der Waals surface area contributed by atoms with Gasteiger partial charge in [-0.2, -0.15) is 0 Å². The minimum atomic E-state index is -0.530. The van der Waals surface area contributed by atoms with Crippen molar-refractivity contribution in [3.05, 3.63) is 307 Å². The van der Waals surface area contributed by atoms with E-state index in [4.69, 9.17) is 0 Å². The molecule has 0 aliphatic heterocycles. The molecule has 0 amide bonds. The highest BCUT2D eigenvalue weighted by atomic mass is 15.2. The van der Waals surface area contributed by atoms with Gasteiger partial charge in [0.1, 0.15) is 0 Å². The molecule has 0 bridgehead atoms. The summed E-state index contributed by atoms with van der Waals surface area (Å²) in [5.41, 5.74) is 17.9. The summed E-state index contributed by atoms with van der Waals surface area (Å²) in [6.07, 6.45) is 0. The fraction of sp³-hybridized carbons (Fsp3) is 0.0141. The number of nitrogens with zero attached hydrogens (tertiary/aromatic N) is 3. The van der Waals surface area contributed by atoms with Crippen LogP contribution < -0.4 is 9.80 Å². The fourth-order valence-corrected chi connectivity index (χ4v) is 12.4. The van der Waals surface area contributed by atoms with Crippen LogP contribution in [0.3, 0.4) is 0 Å². The largest absolute Gasteiger partial charge is 0.310 e. The SMILES string of the molecule is [2H]c1c([2H])c(N(c2ccccc2)c2ccc3c4ccccc4n(-c4ccccc4)c3c2)c([2H])c([2H])c1-c1cccc2c(N(c3ccccc3)c3ccc4c(c3)C3(c5ccccc5-c5ccccc53)c3ccccc3-4)cccc12. The average molecular weight is 946 g/mol. The molecule has 3 nitrogen and oxygen atoms in total. The molecule has 0 atom stereocenters. The van der Waals surface area contributed by atoms with Gasteiger partial charge >= 0.3 is 0 Å². The monoisotopic (exact) mass is 945 g/mol. The highest BCUT2D eigenvalue weighted by molar-refractivity contribution is 6.11. The van der Waals surface area contributed by atoms with E-state index in [1.807, 2.05) is 89.8 Å². The Morgan fingerprint density at radius 3 is 1.46 bits per heavy atom. The van der Waals surface area contributed by atoms with Crippen molar-refractivity contribution in [2.75, 3.05) is 9.80 Å². The predicted octanol–water partition coefficient (Wildman–Crippen LogP) is 18.9. The number of hydrogen-bond donors (Lipinski definition) is 0. The molecule has 2 aliphatic carbocycles. The van der Waals surface area contributed by atoms with Gasteiger partial charge in [0.15, 0.2) is 0 Å². The van der Waals surface area contributed by atoms with Gasteiger partial charge in [0, 0.05) is 50.3 Å². The van der Waals surface area contributed by atoms with Gasteiger partial charge in [-0.05, 0) is 146 Å². The summed E-state index contributed by atoms with van der Waals surface area (Å²) in [6, 6.07) is 90.3. The molecular formula is C71H47N3. The molecule has 346 valence electrons. The van der Waals surface area contributed by atoms with E-state index in [9.17, 15) is 5.48 Å². The van der Waals surface area contributed by atoms with Gasteiger partial charge in [0.2, 0.25) is 0 Å². The van der Waals surface area contributed by atoms with E-state index in [0.29, 0.717) is 16.9 Å². The molecule has 0 fully saturated rings. The first-order valence-corrected chi connectivity index (χ1v) is 25.3. The third-order valence-corrected chi connectivity index (χ3v) is 15.4. The van der Waals surface area contributed by atoms with E-state index >= 15 is 0 Å². The third-order valence-electron chi connectivity index (χ3n) is 15.4. The number of aromatic nitrogens is 1. The Labute approximate surface area is 436 Å². The molecule has 0 unspecified atom stereocenters. The van der Waals surface area contributed by atoms with Crippen molar-refractivity contribution in [1.29, 1.82) is 0 Å². The van der Waals surface area contributed by atoms with Gasteiger partial charge in [-0.3, -0.25) is 0 Å². The molecule has 12 aromatic carbocycles. The molecule has 0 saturated carbocycles. The van der Waals surface area contributed by atoms with Crippen LogP contribution >= 0.6 is 0 Å². The minimum absolute atomic E-state index is 0.121.